The summed E-state index contributed by atoms with van der Waals surface area (Å²) in [6.07, 6.45) is 1.40. The summed E-state index contributed by atoms with van der Waals surface area (Å²) in [5.74, 6) is 0.108. The molecule has 0 aliphatic rings. The Morgan fingerprint density at radius 3 is 2.47 bits per heavy atom. The maximum Gasteiger partial charge on any atom is 0.225 e. The second-order valence-corrected chi connectivity index (χ2v) is 6.07. The highest BCUT2D eigenvalue weighted by Gasteiger charge is 2.09. The Bertz CT molecular complexity index is 448. The summed E-state index contributed by atoms with van der Waals surface area (Å²) in [7, 11) is 0. The van der Waals surface area contributed by atoms with Crippen LogP contribution >= 0.6 is 22.7 Å². The van der Waals surface area contributed by atoms with Gasteiger partial charge in [-0.05, 0) is 29.8 Å². The fraction of sp³-hybridized carbons (Fsp3) is 0.308. The van der Waals surface area contributed by atoms with Crippen molar-refractivity contribution in [1.82, 2.24) is 5.32 Å². The monoisotopic (exact) mass is 265 g/mol. The van der Waals surface area contributed by atoms with Gasteiger partial charge in [0, 0.05) is 22.2 Å². The van der Waals surface area contributed by atoms with Crippen molar-refractivity contribution in [3.63, 3.8) is 0 Å². The lowest BCUT2D eigenvalue weighted by atomic mass is 10.2. The fourth-order valence-electron chi connectivity index (χ4n) is 1.68. The van der Waals surface area contributed by atoms with Gasteiger partial charge in [-0.25, -0.2) is 0 Å². The van der Waals surface area contributed by atoms with Crippen molar-refractivity contribution >= 4 is 28.6 Å². The van der Waals surface area contributed by atoms with Gasteiger partial charge >= 0.3 is 0 Å². The second-order valence-electron chi connectivity index (χ2n) is 4.01. The Balaban J connectivity index is 1.78. The van der Waals surface area contributed by atoms with Gasteiger partial charge in [0.05, 0.1) is 6.42 Å². The zero-order chi connectivity index (χ0) is 12.1. The summed E-state index contributed by atoms with van der Waals surface area (Å²) in [4.78, 5) is 14.2. The third-order valence-corrected chi connectivity index (χ3v) is 4.18. The highest BCUT2D eigenvalue weighted by atomic mass is 32.1. The van der Waals surface area contributed by atoms with Gasteiger partial charge in [-0.2, -0.15) is 0 Å². The van der Waals surface area contributed by atoms with Crippen LogP contribution in [-0.2, 0) is 17.6 Å². The average molecular weight is 265 g/mol. The Hall–Kier alpha value is -1.13. The van der Waals surface area contributed by atoms with Crippen LogP contribution in [-0.4, -0.2) is 11.9 Å². The van der Waals surface area contributed by atoms with Crippen molar-refractivity contribution in [3.8, 4) is 0 Å². The molecule has 1 atom stereocenters. The van der Waals surface area contributed by atoms with Crippen LogP contribution in [0.2, 0.25) is 0 Å². The smallest absolute Gasteiger partial charge is 0.225 e. The maximum atomic E-state index is 11.7. The topological polar surface area (TPSA) is 29.1 Å². The van der Waals surface area contributed by atoms with Gasteiger partial charge in [-0.15, -0.1) is 22.7 Å². The molecular weight excluding hydrogens is 250 g/mol. The van der Waals surface area contributed by atoms with E-state index in [1.54, 1.807) is 22.7 Å². The summed E-state index contributed by atoms with van der Waals surface area (Å²) >= 11 is 3.36. The van der Waals surface area contributed by atoms with Crippen LogP contribution in [0.15, 0.2) is 35.0 Å². The quantitative estimate of drug-likeness (QED) is 0.884. The molecule has 2 aromatic rings. The summed E-state index contributed by atoms with van der Waals surface area (Å²) in [5, 5.41) is 7.09. The lowest BCUT2D eigenvalue weighted by Crippen LogP contribution is -2.34. The van der Waals surface area contributed by atoms with Crippen LogP contribution in [0.1, 0.15) is 16.7 Å². The molecule has 1 amide bonds. The number of hydrogen-bond donors (Lipinski definition) is 1. The molecule has 0 aliphatic carbocycles. The van der Waals surface area contributed by atoms with Crippen LogP contribution in [0.25, 0.3) is 0 Å². The Morgan fingerprint density at radius 1 is 1.24 bits per heavy atom. The van der Waals surface area contributed by atoms with E-state index in [0.717, 1.165) is 11.3 Å². The Morgan fingerprint density at radius 2 is 1.88 bits per heavy atom. The van der Waals surface area contributed by atoms with E-state index in [4.69, 9.17) is 0 Å². The molecule has 0 unspecified atom stereocenters. The van der Waals surface area contributed by atoms with E-state index in [-0.39, 0.29) is 11.9 Å². The molecule has 2 nitrogen and oxygen atoms in total. The molecule has 2 aromatic heterocycles. The van der Waals surface area contributed by atoms with E-state index < -0.39 is 0 Å². The average Bonchev–Trinajstić information content (AvgIpc) is 2.90. The van der Waals surface area contributed by atoms with Gasteiger partial charge in [0.25, 0.3) is 0 Å². The molecule has 2 heterocycles. The van der Waals surface area contributed by atoms with Crippen molar-refractivity contribution in [1.29, 1.82) is 0 Å². The summed E-state index contributed by atoms with van der Waals surface area (Å²) < 4.78 is 0. The molecule has 1 N–H and O–H groups in total. The number of amides is 1. The molecule has 0 aliphatic heterocycles. The standard InChI is InChI=1S/C13H15NOS2/c1-10(8-11-4-2-6-16-11)14-13(15)9-12-5-3-7-17-12/h2-7,10H,8-9H2,1H3,(H,14,15)/t10-/m1/s1. The van der Waals surface area contributed by atoms with Gasteiger partial charge in [0.2, 0.25) is 5.91 Å². The maximum absolute atomic E-state index is 11.7. The number of thiophene rings is 2. The lowest BCUT2D eigenvalue weighted by molar-refractivity contribution is -0.120. The zero-order valence-corrected chi connectivity index (χ0v) is 11.3. The van der Waals surface area contributed by atoms with Gasteiger partial charge in [0.1, 0.15) is 0 Å². The van der Waals surface area contributed by atoms with E-state index in [1.807, 2.05) is 30.5 Å². The predicted octanol–water partition coefficient (Wildman–Crippen LogP) is 3.10. The zero-order valence-electron chi connectivity index (χ0n) is 9.68. The number of rotatable bonds is 5. The van der Waals surface area contributed by atoms with E-state index in [0.29, 0.717) is 6.42 Å². The van der Waals surface area contributed by atoms with Crippen LogP contribution < -0.4 is 5.32 Å². The molecule has 0 fully saturated rings. The van der Waals surface area contributed by atoms with E-state index in [2.05, 4.69) is 16.8 Å². The van der Waals surface area contributed by atoms with E-state index >= 15 is 0 Å². The number of hydrogen-bond acceptors (Lipinski definition) is 3. The molecular formula is C13H15NOS2. The molecule has 17 heavy (non-hydrogen) atoms. The van der Waals surface area contributed by atoms with Gasteiger partial charge in [-0.1, -0.05) is 12.1 Å². The lowest BCUT2D eigenvalue weighted by Gasteiger charge is -2.12. The molecule has 0 aromatic carbocycles. The minimum atomic E-state index is 0.108. The third-order valence-electron chi connectivity index (χ3n) is 2.41. The van der Waals surface area contributed by atoms with E-state index in [1.165, 1.54) is 4.88 Å². The first kappa shape index (κ1) is 12.3. The summed E-state index contributed by atoms with van der Waals surface area (Å²) in [6, 6.07) is 8.31. The van der Waals surface area contributed by atoms with Crippen LogP contribution in [0.5, 0.6) is 0 Å². The number of carbonyl (C=O) groups excluding carboxylic acids is 1. The first-order valence-corrected chi connectivity index (χ1v) is 7.34. The molecule has 4 heteroatoms. The summed E-state index contributed by atoms with van der Waals surface area (Å²) in [5.41, 5.74) is 0. The van der Waals surface area contributed by atoms with Crippen molar-refractivity contribution in [2.24, 2.45) is 0 Å². The largest absolute Gasteiger partial charge is 0.353 e. The first-order chi connectivity index (χ1) is 8.24. The fourth-order valence-corrected chi connectivity index (χ4v) is 3.22. The minimum Gasteiger partial charge on any atom is -0.353 e. The van der Waals surface area contributed by atoms with Crippen molar-refractivity contribution < 1.29 is 4.79 Å². The highest BCUT2D eigenvalue weighted by molar-refractivity contribution is 7.10. The Kier molecular flexibility index (Phi) is 4.34. The van der Waals surface area contributed by atoms with Crippen LogP contribution in [0, 0.1) is 0 Å². The first-order valence-electron chi connectivity index (χ1n) is 5.58. The van der Waals surface area contributed by atoms with Crippen molar-refractivity contribution in [2.75, 3.05) is 0 Å². The number of carbonyl (C=O) groups is 1. The highest BCUT2D eigenvalue weighted by Crippen LogP contribution is 2.12. The molecule has 0 radical (unpaired) electrons. The molecule has 0 bridgehead atoms. The minimum absolute atomic E-state index is 0.108. The van der Waals surface area contributed by atoms with Gasteiger partial charge in [0.15, 0.2) is 0 Å². The molecule has 0 saturated carbocycles. The summed E-state index contributed by atoms with van der Waals surface area (Å²) in [6.45, 7) is 2.05. The Labute approximate surface area is 109 Å². The van der Waals surface area contributed by atoms with E-state index in [9.17, 15) is 4.79 Å². The molecule has 90 valence electrons. The predicted molar refractivity (Wildman–Crippen MR) is 73.7 cm³/mol. The molecule has 0 spiro atoms. The van der Waals surface area contributed by atoms with Crippen molar-refractivity contribution in [2.45, 2.75) is 25.8 Å². The van der Waals surface area contributed by atoms with Crippen LogP contribution in [0.3, 0.4) is 0 Å². The van der Waals surface area contributed by atoms with Gasteiger partial charge < -0.3 is 5.32 Å². The van der Waals surface area contributed by atoms with Gasteiger partial charge in [-0.3, -0.25) is 4.79 Å². The molecule has 0 saturated heterocycles. The number of nitrogens with one attached hydrogen (secondary N) is 1. The SMILES string of the molecule is C[C@H](Cc1cccs1)NC(=O)Cc1cccs1. The second kappa shape index (κ2) is 5.98. The van der Waals surface area contributed by atoms with Crippen LogP contribution in [0.4, 0.5) is 0 Å². The van der Waals surface area contributed by atoms with Crippen molar-refractivity contribution in [3.05, 3.63) is 44.8 Å². The molecule has 2 rings (SSSR count). The third kappa shape index (κ3) is 3.98. The normalized spacial score (nSPS) is 12.3.